The number of aliphatic hydroxyl groups is 1. The average molecular weight is 325 g/mol. The van der Waals surface area contributed by atoms with E-state index in [1.165, 1.54) is 0 Å². The van der Waals surface area contributed by atoms with Gasteiger partial charge in [-0.25, -0.2) is 0 Å². The molecule has 1 unspecified atom stereocenters. The Balaban J connectivity index is 0. The first-order valence-corrected chi connectivity index (χ1v) is 7.49. The molecule has 0 aliphatic rings. The normalized spacial score (nSPS) is 11.8. The summed E-state index contributed by atoms with van der Waals surface area (Å²) in [5, 5.41) is 9.66. The highest BCUT2D eigenvalue weighted by Gasteiger charge is 2.17. The van der Waals surface area contributed by atoms with Crippen LogP contribution in [0, 0.1) is 0 Å². The van der Waals surface area contributed by atoms with Gasteiger partial charge in [-0.2, -0.15) is 8.42 Å². The summed E-state index contributed by atoms with van der Waals surface area (Å²) >= 11 is 0. The number of benzene rings is 1. The minimum absolute atomic E-state index is 0. The molecule has 0 saturated heterocycles. The molecule has 0 amide bonds. The van der Waals surface area contributed by atoms with Crippen LogP contribution >= 0.6 is 0 Å². The lowest BCUT2D eigenvalue weighted by Gasteiger charge is -2.25. The van der Waals surface area contributed by atoms with Gasteiger partial charge in [0.2, 0.25) is 0 Å². The lowest BCUT2D eigenvalue weighted by molar-refractivity contribution is 0.200. The molecule has 124 valence electrons. The maximum atomic E-state index is 10.7. The molecule has 1 aromatic carbocycles. The van der Waals surface area contributed by atoms with Crippen LogP contribution in [0.2, 0.25) is 0 Å². The van der Waals surface area contributed by atoms with Gasteiger partial charge in [0.25, 0.3) is 10.1 Å². The van der Waals surface area contributed by atoms with Gasteiger partial charge in [0.05, 0.1) is 13.2 Å². The van der Waals surface area contributed by atoms with Gasteiger partial charge in [-0.05, 0) is 19.1 Å². The van der Waals surface area contributed by atoms with Gasteiger partial charge in [0.1, 0.15) is 11.5 Å². The van der Waals surface area contributed by atoms with E-state index in [0.717, 1.165) is 5.69 Å². The van der Waals surface area contributed by atoms with E-state index in [9.17, 15) is 13.5 Å². The smallest absolute Gasteiger partial charge is 0.267 e. The molecule has 1 aromatic rings. The Morgan fingerprint density at radius 1 is 1.33 bits per heavy atom. The fraction of sp³-hybridized carbons (Fsp3) is 0.500. The fourth-order valence-corrected chi connectivity index (χ4v) is 2.37. The van der Waals surface area contributed by atoms with Crippen LogP contribution in [0.5, 0.6) is 5.75 Å². The Morgan fingerprint density at radius 2 is 1.95 bits per heavy atom. The van der Waals surface area contributed by atoms with Crippen molar-refractivity contribution in [2.45, 2.75) is 13.0 Å². The van der Waals surface area contributed by atoms with Crippen LogP contribution in [0.4, 0.5) is 5.69 Å². The number of ether oxygens (including phenoxy) is 1. The zero-order valence-electron chi connectivity index (χ0n) is 12.0. The van der Waals surface area contributed by atoms with Crippen LogP contribution in [-0.4, -0.2) is 61.1 Å². The SMILES string of the molecule is CCN(CC(O)CS(=O)(=O)O)c1cccc(OC)c1.O.O. The monoisotopic (exact) mass is 325 g/mol. The molecule has 0 fully saturated rings. The summed E-state index contributed by atoms with van der Waals surface area (Å²) in [7, 11) is -2.62. The summed E-state index contributed by atoms with van der Waals surface area (Å²) in [6.45, 7) is 2.60. The van der Waals surface area contributed by atoms with Crippen LogP contribution in [0.15, 0.2) is 24.3 Å². The van der Waals surface area contributed by atoms with Crippen molar-refractivity contribution in [3.8, 4) is 5.75 Å². The lowest BCUT2D eigenvalue weighted by atomic mass is 10.2. The molecule has 6 N–H and O–H groups in total. The van der Waals surface area contributed by atoms with Crippen LogP contribution in [0.3, 0.4) is 0 Å². The molecule has 0 aromatic heterocycles. The van der Waals surface area contributed by atoms with E-state index in [2.05, 4.69) is 0 Å². The Morgan fingerprint density at radius 3 is 2.43 bits per heavy atom. The highest BCUT2D eigenvalue weighted by atomic mass is 32.2. The van der Waals surface area contributed by atoms with E-state index in [0.29, 0.717) is 12.3 Å². The van der Waals surface area contributed by atoms with Gasteiger partial charge in [0, 0.05) is 24.8 Å². The van der Waals surface area contributed by atoms with Gasteiger partial charge >= 0.3 is 0 Å². The first-order chi connectivity index (χ1) is 8.85. The third-order valence-electron chi connectivity index (χ3n) is 2.63. The van der Waals surface area contributed by atoms with E-state index in [-0.39, 0.29) is 17.5 Å². The summed E-state index contributed by atoms with van der Waals surface area (Å²) in [6.07, 6.45) is -1.15. The van der Waals surface area contributed by atoms with Gasteiger partial charge < -0.3 is 25.7 Å². The van der Waals surface area contributed by atoms with Crippen molar-refractivity contribution in [2.75, 3.05) is 30.9 Å². The van der Waals surface area contributed by atoms with Crippen molar-refractivity contribution in [1.29, 1.82) is 0 Å². The molecule has 9 heteroatoms. The highest BCUT2D eigenvalue weighted by molar-refractivity contribution is 7.85. The molecular weight excluding hydrogens is 302 g/mol. The summed E-state index contributed by atoms with van der Waals surface area (Å²) < 4.78 is 35.2. The molecule has 0 bridgehead atoms. The largest absolute Gasteiger partial charge is 0.497 e. The zero-order chi connectivity index (χ0) is 14.5. The molecule has 1 atom stereocenters. The van der Waals surface area contributed by atoms with Crippen LogP contribution < -0.4 is 9.64 Å². The number of likely N-dealkylation sites (N-methyl/N-ethyl adjacent to an activating group) is 1. The van der Waals surface area contributed by atoms with Gasteiger partial charge in [-0.3, -0.25) is 4.55 Å². The number of hydrogen-bond acceptors (Lipinski definition) is 5. The molecular formula is C12H23NO7S. The third-order valence-corrected chi connectivity index (χ3v) is 3.44. The van der Waals surface area contributed by atoms with E-state index >= 15 is 0 Å². The van der Waals surface area contributed by atoms with Crippen molar-refractivity contribution in [2.24, 2.45) is 0 Å². The Hall–Kier alpha value is -1.39. The average Bonchev–Trinajstić information content (AvgIpc) is 2.34. The predicted octanol–water partition coefficient (Wildman–Crippen LogP) is -0.879. The van der Waals surface area contributed by atoms with E-state index in [1.54, 1.807) is 24.1 Å². The van der Waals surface area contributed by atoms with Gasteiger partial charge in [0.15, 0.2) is 0 Å². The Labute approximate surface area is 124 Å². The number of hydrogen-bond donors (Lipinski definition) is 2. The quantitative estimate of drug-likeness (QED) is 0.621. The number of methoxy groups -OCH3 is 1. The first-order valence-electron chi connectivity index (χ1n) is 5.88. The molecule has 0 aliphatic carbocycles. The van der Waals surface area contributed by atoms with Crippen molar-refractivity contribution in [1.82, 2.24) is 0 Å². The number of anilines is 1. The number of nitrogens with zero attached hydrogens (tertiary/aromatic N) is 1. The maximum Gasteiger partial charge on any atom is 0.267 e. The summed E-state index contributed by atoms with van der Waals surface area (Å²) in [5.74, 6) is 0.00761. The standard InChI is InChI=1S/C12H19NO5S.2H2O/c1-3-13(8-11(14)9-19(15,16)17)10-5-4-6-12(7-10)18-2;;/h4-7,11,14H,3,8-9H2,1-2H3,(H,15,16,17);2*1H2. The topological polar surface area (TPSA) is 150 Å². The number of aliphatic hydroxyl groups excluding tert-OH is 1. The minimum atomic E-state index is -4.17. The molecule has 21 heavy (non-hydrogen) atoms. The van der Waals surface area contributed by atoms with Crippen molar-refractivity contribution in [3.05, 3.63) is 24.3 Å². The van der Waals surface area contributed by atoms with Crippen molar-refractivity contribution in [3.63, 3.8) is 0 Å². The maximum absolute atomic E-state index is 10.7. The second-order valence-corrected chi connectivity index (χ2v) is 5.64. The van der Waals surface area contributed by atoms with Crippen LogP contribution in [0.1, 0.15) is 6.92 Å². The summed E-state index contributed by atoms with van der Waals surface area (Å²) in [6, 6.07) is 7.24. The van der Waals surface area contributed by atoms with E-state index in [4.69, 9.17) is 9.29 Å². The van der Waals surface area contributed by atoms with Gasteiger partial charge in [-0.15, -0.1) is 0 Å². The number of rotatable bonds is 7. The second-order valence-electron chi connectivity index (χ2n) is 4.14. The summed E-state index contributed by atoms with van der Waals surface area (Å²) in [5.41, 5.74) is 0.816. The molecule has 0 heterocycles. The summed E-state index contributed by atoms with van der Waals surface area (Å²) in [4.78, 5) is 1.80. The van der Waals surface area contributed by atoms with E-state index in [1.807, 2.05) is 19.1 Å². The lowest BCUT2D eigenvalue weighted by Crippen LogP contribution is -2.36. The van der Waals surface area contributed by atoms with Crippen LogP contribution in [0.25, 0.3) is 0 Å². The van der Waals surface area contributed by atoms with Crippen molar-refractivity contribution >= 4 is 15.8 Å². The molecule has 0 spiro atoms. The highest BCUT2D eigenvalue weighted by Crippen LogP contribution is 2.21. The van der Waals surface area contributed by atoms with E-state index < -0.39 is 22.0 Å². The van der Waals surface area contributed by atoms with Crippen LogP contribution in [-0.2, 0) is 10.1 Å². The Bertz CT molecular complexity index is 506. The molecule has 0 radical (unpaired) electrons. The molecule has 0 saturated carbocycles. The molecule has 1 rings (SSSR count). The molecule has 0 aliphatic heterocycles. The van der Waals surface area contributed by atoms with Crippen molar-refractivity contribution < 1.29 is 33.8 Å². The first kappa shape index (κ1) is 21.9. The second kappa shape index (κ2) is 9.53. The molecule has 8 nitrogen and oxygen atoms in total. The predicted molar refractivity (Wildman–Crippen MR) is 80.5 cm³/mol. The Kier molecular flexibility index (Phi) is 9.94. The minimum Gasteiger partial charge on any atom is -0.497 e. The fourth-order valence-electron chi connectivity index (χ4n) is 1.77. The zero-order valence-corrected chi connectivity index (χ0v) is 12.8. The van der Waals surface area contributed by atoms with Gasteiger partial charge in [-0.1, -0.05) is 6.07 Å². The third kappa shape index (κ3) is 7.83.